The van der Waals surface area contributed by atoms with Gasteiger partial charge in [-0.05, 0) is 13.0 Å². The minimum Gasteiger partial charge on any atom is -0.346 e. The van der Waals surface area contributed by atoms with Crippen molar-refractivity contribution < 1.29 is 18.4 Å². The van der Waals surface area contributed by atoms with E-state index in [1.54, 1.807) is 7.05 Å². The highest BCUT2D eigenvalue weighted by atomic mass is 35.5. The first-order chi connectivity index (χ1) is 8.26. The Bertz CT molecular complexity index is 475. The third kappa shape index (κ3) is 4.60. The lowest BCUT2D eigenvalue weighted by atomic mass is 10.2. The molecule has 3 N–H and O–H groups in total. The van der Waals surface area contributed by atoms with E-state index in [2.05, 4.69) is 5.32 Å². The van der Waals surface area contributed by atoms with Crippen LogP contribution < -0.4 is 11.1 Å². The van der Waals surface area contributed by atoms with E-state index < -0.39 is 24.9 Å². The number of nitrogens with zero attached hydrogens (tertiary/aromatic N) is 1. The third-order valence-electron chi connectivity index (χ3n) is 2.45. The molecule has 0 atom stereocenters. The number of aryl methyl sites for hydroxylation is 1. The van der Waals surface area contributed by atoms with Crippen LogP contribution in [0.3, 0.4) is 0 Å². The van der Waals surface area contributed by atoms with Crippen LogP contribution >= 0.6 is 12.4 Å². The molecule has 0 spiro atoms. The summed E-state index contributed by atoms with van der Waals surface area (Å²) in [5.41, 5.74) is 5.35. The largest absolute Gasteiger partial charge is 0.346 e. The van der Waals surface area contributed by atoms with Crippen LogP contribution in [0.2, 0.25) is 0 Å². The van der Waals surface area contributed by atoms with Gasteiger partial charge in [0.15, 0.2) is 5.78 Å². The minimum atomic E-state index is -3.13. The summed E-state index contributed by atoms with van der Waals surface area (Å²) in [5.74, 6) is -4.00. The van der Waals surface area contributed by atoms with Crippen molar-refractivity contribution in [2.24, 2.45) is 12.8 Å². The second-order valence-electron chi connectivity index (χ2n) is 4.02. The number of rotatable bonds is 5. The van der Waals surface area contributed by atoms with E-state index in [0.717, 1.165) is 0 Å². The van der Waals surface area contributed by atoms with Gasteiger partial charge in [-0.2, -0.15) is 0 Å². The summed E-state index contributed by atoms with van der Waals surface area (Å²) >= 11 is 0. The normalized spacial score (nSPS) is 10.8. The van der Waals surface area contributed by atoms with E-state index in [9.17, 15) is 18.4 Å². The number of aromatic nitrogens is 1. The molecular formula is C11H16ClF2N3O2. The number of carbonyl (C=O) groups excluding carboxylic acids is 2. The first kappa shape index (κ1) is 17.5. The van der Waals surface area contributed by atoms with Gasteiger partial charge >= 0.3 is 0 Å². The Morgan fingerprint density at radius 3 is 2.47 bits per heavy atom. The summed E-state index contributed by atoms with van der Waals surface area (Å²) in [5, 5.41) is 2.08. The Morgan fingerprint density at radius 2 is 2.05 bits per heavy atom. The summed E-state index contributed by atoms with van der Waals surface area (Å²) in [4.78, 5) is 22.8. The quantitative estimate of drug-likeness (QED) is 0.795. The summed E-state index contributed by atoms with van der Waals surface area (Å²) in [6.07, 6.45) is 1.47. The zero-order chi connectivity index (χ0) is 13.9. The SMILES string of the molecule is CC(=O)c1cc(C(=O)NCC(F)(F)CN)n(C)c1.Cl. The van der Waals surface area contributed by atoms with Crippen molar-refractivity contribution in [1.29, 1.82) is 0 Å². The molecule has 0 aliphatic carbocycles. The maximum absolute atomic E-state index is 12.9. The lowest BCUT2D eigenvalue weighted by molar-refractivity contribution is 0.0117. The molecule has 1 heterocycles. The topological polar surface area (TPSA) is 77.1 Å². The van der Waals surface area contributed by atoms with Crippen LogP contribution in [0.25, 0.3) is 0 Å². The number of amides is 1. The fourth-order valence-corrected chi connectivity index (χ4v) is 1.36. The molecule has 1 amide bonds. The second kappa shape index (κ2) is 6.63. The average molecular weight is 296 g/mol. The number of carbonyl (C=O) groups is 2. The van der Waals surface area contributed by atoms with Gasteiger partial charge in [-0.3, -0.25) is 9.59 Å². The van der Waals surface area contributed by atoms with E-state index in [4.69, 9.17) is 5.73 Å². The van der Waals surface area contributed by atoms with Gasteiger partial charge in [-0.25, -0.2) is 8.78 Å². The van der Waals surface area contributed by atoms with Crippen molar-refractivity contribution in [2.45, 2.75) is 12.8 Å². The van der Waals surface area contributed by atoms with Crippen LogP contribution in [0.5, 0.6) is 0 Å². The van der Waals surface area contributed by atoms with Crippen molar-refractivity contribution in [3.05, 3.63) is 23.5 Å². The Labute approximate surface area is 115 Å². The molecule has 0 saturated heterocycles. The van der Waals surface area contributed by atoms with Crippen LogP contribution in [-0.4, -0.2) is 35.3 Å². The maximum atomic E-state index is 12.9. The number of alkyl halides is 2. The van der Waals surface area contributed by atoms with E-state index >= 15 is 0 Å². The van der Waals surface area contributed by atoms with E-state index in [1.807, 2.05) is 0 Å². The molecule has 0 saturated carbocycles. The molecule has 0 unspecified atom stereocenters. The summed E-state index contributed by atoms with van der Waals surface area (Å²) < 4.78 is 27.1. The Kier molecular flexibility index (Phi) is 6.11. The number of Topliss-reactive ketones (excluding diaryl/α,β-unsaturated/α-hetero) is 1. The molecule has 0 radical (unpaired) electrons. The molecule has 0 aliphatic rings. The monoisotopic (exact) mass is 295 g/mol. The van der Waals surface area contributed by atoms with Gasteiger partial charge in [0, 0.05) is 18.8 Å². The molecule has 0 bridgehead atoms. The molecule has 1 aromatic heterocycles. The van der Waals surface area contributed by atoms with Gasteiger partial charge < -0.3 is 15.6 Å². The van der Waals surface area contributed by atoms with Gasteiger partial charge in [0.1, 0.15) is 5.69 Å². The van der Waals surface area contributed by atoms with Crippen molar-refractivity contribution >= 4 is 24.1 Å². The van der Waals surface area contributed by atoms with Gasteiger partial charge in [-0.1, -0.05) is 0 Å². The van der Waals surface area contributed by atoms with Crippen molar-refractivity contribution in [3.63, 3.8) is 0 Å². The number of hydrogen-bond donors (Lipinski definition) is 2. The van der Waals surface area contributed by atoms with Crippen molar-refractivity contribution in [1.82, 2.24) is 9.88 Å². The van der Waals surface area contributed by atoms with E-state index in [-0.39, 0.29) is 23.9 Å². The van der Waals surface area contributed by atoms with E-state index in [1.165, 1.54) is 23.8 Å². The number of nitrogens with two attached hydrogens (primary N) is 1. The summed E-state index contributed by atoms with van der Waals surface area (Å²) in [6.45, 7) is -0.304. The van der Waals surface area contributed by atoms with Gasteiger partial charge in [-0.15, -0.1) is 12.4 Å². The Hall–Kier alpha value is -1.47. The van der Waals surface area contributed by atoms with Crippen LogP contribution in [0.1, 0.15) is 27.8 Å². The summed E-state index contributed by atoms with van der Waals surface area (Å²) in [7, 11) is 1.56. The molecule has 8 heteroatoms. The van der Waals surface area contributed by atoms with Crippen LogP contribution in [0.15, 0.2) is 12.3 Å². The standard InChI is InChI=1S/C11H15F2N3O2.ClH/c1-7(17)8-3-9(16(2)4-8)10(18)15-6-11(12,13)5-14;/h3-4H,5-6,14H2,1-2H3,(H,15,18);1H. The zero-order valence-electron chi connectivity index (χ0n) is 10.6. The highest BCUT2D eigenvalue weighted by Crippen LogP contribution is 2.11. The molecule has 19 heavy (non-hydrogen) atoms. The highest BCUT2D eigenvalue weighted by molar-refractivity contribution is 5.99. The van der Waals surface area contributed by atoms with Crippen LogP contribution in [-0.2, 0) is 7.05 Å². The predicted molar refractivity (Wildman–Crippen MR) is 69.0 cm³/mol. The molecule has 108 valence electrons. The third-order valence-corrected chi connectivity index (χ3v) is 2.45. The Balaban J connectivity index is 0.00000324. The van der Waals surface area contributed by atoms with Crippen LogP contribution in [0.4, 0.5) is 8.78 Å². The minimum absolute atomic E-state index is 0. The fraction of sp³-hybridized carbons (Fsp3) is 0.455. The smallest absolute Gasteiger partial charge is 0.277 e. The number of ketones is 1. The molecule has 0 aromatic carbocycles. The van der Waals surface area contributed by atoms with Crippen molar-refractivity contribution in [3.8, 4) is 0 Å². The highest BCUT2D eigenvalue weighted by Gasteiger charge is 2.27. The molecule has 1 rings (SSSR count). The van der Waals surface area contributed by atoms with Gasteiger partial charge in [0.05, 0.1) is 13.1 Å². The maximum Gasteiger partial charge on any atom is 0.277 e. The molecule has 0 aliphatic heterocycles. The number of halogens is 3. The molecule has 0 fully saturated rings. The van der Waals surface area contributed by atoms with Gasteiger partial charge in [0.2, 0.25) is 0 Å². The predicted octanol–water partition coefficient (Wildman–Crippen LogP) is 0.973. The van der Waals surface area contributed by atoms with Crippen LogP contribution in [0, 0.1) is 0 Å². The molecular weight excluding hydrogens is 280 g/mol. The molecule has 1 aromatic rings. The zero-order valence-corrected chi connectivity index (χ0v) is 11.4. The number of hydrogen-bond acceptors (Lipinski definition) is 3. The first-order valence-electron chi connectivity index (χ1n) is 5.30. The Morgan fingerprint density at radius 1 is 1.47 bits per heavy atom. The summed E-state index contributed by atoms with van der Waals surface area (Å²) in [6, 6.07) is 1.36. The van der Waals surface area contributed by atoms with E-state index in [0.29, 0.717) is 5.56 Å². The van der Waals surface area contributed by atoms with Crippen molar-refractivity contribution in [2.75, 3.05) is 13.1 Å². The fourth-order valence-electron chi connectivity index (χ4n) is 1.36. The average Bonchev–Trinajstić information content (AvgIpc) is 2.69. The second-order valence-corrected chi connectivity index (χ2v) is 4.02. The van der Waals surface area contributed by atoms with Gasteiger partial charge in [0.25, 0.3) is 11.8 Å². The number of nitrogens with one attached hydrogen (secondary N) is 1. The lowest BCUT2D eigenvalue weighted by Crippen LogP contribution is -2.41. The lowest BCUT2D eigenvalue weighted by Gasteiger charge is -2.14. The molecule has 5 nitrogen and oxygen atoms in total. The first-order valence-corrected chi connectivity index (χ1v) is 5.30.